The Kier molecular flexibility index (Phi) is 31.7. The first kappa shape index (κ1) is 39.4. The van der Waals surface area contributed by atoms with Crippen LogP contribution >= 0.6 is 0 Å². The molecule has 0 saturated carbocycles. The Morgan fingerprint density at radius 2 is 0.951 bits per heavy atom. The van der Waals surface area contributed by atoms with Gasteiger partial charge in [0.2, 0.25) is 0 Å². The van der Waals surface area contributed by atoms with E-state index in [0.717, 1.165) is 77.0 Å². The summed E-state index contributed by atoms with van der Waals surface area (Å²) in [4.78, 5) is 23.2. The molecule has 0 heterocycles. The van der Waals surface area contributed by atoms with Gasteiger partial charge in [-0.1, -0.05) is 134 Å². The van der Waals surface area contributed by atoms with E-state index in [1.54, 1.807) is 0 Å². The van der Waals surface area contributed by atoms with E-state index in [1.165, 1.54) is 89.9 Å². The molecule has 0 saturated heterocycles. The van der Waals surface area contributed by atoms with Crippen molar-refractivity contribution in [3.05, 3.63) is 24.3 Å². The van der Waals surface area contributed by atoms with Gasteiger partial charge in [-0.3, -0.25) is 9.59 Å². The van der Waals surface area contributed by atoms with Crippen molar-refractivity contribution in [2.45, 2.75) is 200 Å². The van der Waals surface area contributed by atoms with Gasteiger partial charge in [0.05, 0.1) is 0 Å². The molecule has 1 N–H and O–H groups in total. The standard InChI is InChI=1S/C37H68O4/c1-3-5-7-9-11-12-13-14-15-16-17-18-19-21-26-30-34-37(40)41-35(31-27-23-20-10-8-6-4-2)32-28-24-22-25-29-33-36(38)39/h12-13,15-16,35H,3-11,14,17-34H2,1-2H3,(H,38,39)/b13-12-,16-15-. The van der Waals surface area contributed by atoms with Crippen molar-refractivity contribution in [1.29, 1.82) is 0 Å². The number of ether oxygens (including phenoxy) is 1. The summed E-state index contributed by atoms with van der Waals surface area (Å²) in [6, 6.07) is 0. The highest BCUT2D eigenvalue weighted by molar-refractivity contribution is 5.69. The lowest BCUT2D eigenvalue weighted by atomic mass is 10.0. The van der Waals surface area contributed by atoms with Crippen molar-refractivity contribution in [3.63, 3.8) is 0 Å². The maximum absolute atomic E-state index is 12.6. The summed E-state index contributed by atoms with van der Waals surface area (Å²) >= 11 is 0. The van der Waals surface area contributed by atoms with E-state index >= 15 is 0 Å². The molecule has 0 aromatic heterocycles. The fraction of sp³-hybridized carbons (Fsp3) is 0.838. The molecule has 0 aliphatic heterocycles. The zero-order valence-corrected chi connectivity index (χ0v) is 27.4. The lowest BCUT2D eigenvalue weighted by molar-refractivity contribution is -0.150. The van der Waals surface area contributed by atoms with Gasteiger partial charge in [-0.25, -0.2) is 0 Å². The second kappa shape index (κ2) is 32.9. The molecular weight excluding hydrogens is 508 g/mol. The smallest absolute Gasteiger partial charge is 0.306 e. The second-order valence-corrected chi connectivity index (χ2v) is 12.1. The van der Waals surface area contributed by atoms with E-state index in [2.05, 4.69) is 38.2 Å². The highest BCUT2D eigenvalue weighted by atomic mass is 16.5. The zero-order chi connectivity index (χ0) is 30.1. The third kappa shape index (κ3) is 32.8. The summed E-state index contributed by atoms with van der Waals surface area (Å²) in [5, 5.41) is 8.77. The van der Waals surface area contributed by atoms with E-state index < -0.39 is 5.97 Å². The molecule has 0 aromatic rings. The molecule has 41 heavy (non-hydrogen) atoms. The van der Waals surface area contributed by atoms with E-state index in [-0.39, 0.29) is 18.5 Å². The fourth-order valence-electron chi connectivity index (χ4n) is 5.27. The summed E-state index contributed by atoms with van der Waals surface area (Å²) in [6.45, 7) is 4.51. The number of esters is 1. The van der Waals surface area contributed by atoms with E-state index in [4.69, 9.17) is 9.84 Å². The van der Waals surface area contributed by atoms with Crippen LogP contribution in [0, 0.1) is 0 Å². The van der Waals surface area contributed by atoms with E-state index in [9.17, 15) is 9.59 Å². The minimum atomic E-state index is -0.703. The number of carbonyl (C=O) groups is 2. The molecule has 1 unspecified atom stereocenters. The first-order chi connectivity index (χ1) is 20.1. The zero-order valence-electron chi connectivity index (χ0n) is 27.4. The van der Waals surface area contributed by atoms with E-state index in [0.29, 0.717) is 6.42 Å². The van der Waals surface area contributed by atoms with Gasteiger partial charge in [-0.05, 0) is 70.6 Å². The first-order valence-corrected chi connectivity index (χ1v) is 17.8. The number of hydrogen-bond donors (Lipinski definition) is 1. The van der Waals surface area contributed by atoms with Crippen LogP contribution in [0.3, 0.4) is 0 Å². The van der Waals surface area contributed by atoms with Crippen LogP contribution in [-0.4, -0.2) is 23.1 Å². The van der Waals surface area contributed by atoms with Gasteiger partial charge < -0.3 is 9.84 Å². The van der Waals surface area contributed by atoms with Crippen LogP contribution in [-0.2, 0) is 14.3 Å². The predicted octanol–water partition coefficient (Wildman–Crippen LogP) is 12.1. The molecule has 0 amide bonds. The maximum Gasteiger partial charge on any atom is 0.306 e. The Bertz CT molecular complexity index is 624. The third-order valence-corrected chi connectivity index (χ3v) is 7.93. The number of allylic oxidation sites excluding steroid dienone is 4. The molecule has 0 spiro atoms. The number of carboxylic acid groups (broad SMARTS) is 1. The van der Waals surface area contributed by atoms with Crippen LogP contribution in [0.5, 0.6) is 0 Å². The van der Waals surface area contributed by atoms with Crippen LogP contribution in [0.1, 0.15) is 194 Å². The van der Waals surface area contributed by atoms with E-state index in [1.807, 2.05) is 0 Å². The molecule has 0 fully saturated rings. The summed E-state index contributed by atoms with van der Waals surface area (Å²) in [5.74, 6) is -0.716. The third-order valence-electron chi connectivity index (χ3n) is 7.93. The molecule has 0 aliphatic carbocycles. The van der Waals surface area contributed by atoms with Gasteiger partial charge in [0.1, 0.15) is 6.10 Å². The van der Waals surface area contributed by atoms with Crippen LogP contribution in [0.2, 0.25) is 0 Å². The Morgan fingerprint density at radius 3 is 1.46 bits per heavy atom. The van der Waals surface area contributed by atoms with Crippen LogP contribution in [0.15, 0.2) is 24.3 Å². The molecule has 0 rings (SSSR count). The van der Waals surface area contributed by atoms with Gasteiger partial charge >= 0.3 is 11.9 Å². The Morgan fingerprint density at radius 1 is 0.537 bits per heavy atom. The minimum absolute atomic E-state index is 0.0132. The number of unbranched alkanes of at least 4 members (excludes halogenated alkanes) is 19. The van der Waals surface area contributed by atoms with Gasteiger partial charge in [0.15, 0.2) is 0 Å². The summed E-state index contributed by atoms with van der Waals surface area (Å²) in [5.41, 5.74) is 0. The predicted molar refractivity (Wildman–Crippen MR) is 176 cm³/mol. The molecule has 240 valence electrons. The van der Waals surface area contributed by atoms with Crippen molar-refractivity contribution in [1.82, 2.24) is 0 Å². The van der Waals surface area contributed by atoms with Crippen molar-refractivity contribution in [2.24, 2.45) is 0 Å². The number of hydrogen-bond acceptors (Lipinski definition) is 3. The minimum Gasteiger partial charge on any atom is -0.481 e. The van der Waals surface area contributed by atoms with Crippen LogP contribution < -0.4 is 0 Å². The summed E-state index contributed by atoms with van der Waals surface area (Å²) in [7, 11) is 0. The molecule has 0 radical (unpaired) electrons. The first-order valence-electron chi connectivity index (χ1n) is 17.8. The summed E-state index contributed by atoms with van der Waals surface area (Å²) < 4.78 is 5.95. The number of rotatable bonds is 32. The number of carbonyl (C=O) groups excluding carboxylic acids is 1. The largest absolute Gasteiger partial charge is 0.481 e. The molecule has 0 bridgehead atoms. The van der Waals surface area contributed by atoms with Crippen molar-refractivity contribution in [2.75, 3.05) is 0 Å². The highest BCUT2D eigenvalue weighted by Gasteiger charge is 2.14. The van der Waals surface area contributed by atoms with Crippen molar-refractivity contribution >= 4 is 11.9 Å². The quantitative estimate of drug-likeness (QED) is 0.0491. The molecular formula is C37H68O4. The molecule has 0 aliphatic rings. The highest BCUT2D eigenvalue weighted by Crippen LogP contribution is 2.18. The maximum atomic E-state index is 12.6. The SMILES string of the molecule is CCCCCC/C=C\C/C=C\CCCCCCCC(=O)OC(CCCCCCCCC)CCCCCCCC(=O)O. The van der Waals surface area contributed by atoms with Crippen LogP contribution in [0.25, 0.3) is 0 Å². The average molecular weight is 577 g/mol. The number of carboxylic acids is 1. The Hall–Kier alpha value is -1.58. The summed E-state index contributed by atoms with van der Waals surface area (Å²) in [6.07, 6.45) is 40.4. The molecule has 4 nitrogen and oxygen atoms in total. The molecule has 4 heteroatoms. The van der Waals surface area contributed by atoms with Gasteiger partial charge in [-0.15, -0.1) is 0 Å². The van der Waals surface area contributed by atoms with Crippen molar-refractivity contribution < 1.29 is 19.4 Å². The number of aliphatic carboxylic acids is 1. The van der Waals surface area contributed by atoms with Crippen LogP contribution in [0.4, 0.5) is 0 Å². The van der Waals surface area contributed by atoms with Gasteiger partial charge in [-0.2, -0.15) is 0 Å². The topological polar surface area (TPSA) is 63.6 Å². The van der Waals surface area contributed by atoms with Gasteiger partial charge in [0.25, 0.3) is 0 Å². The second-order valence-electron chi connectivity index (χ2n) is 12.1. The molecule has 1 atom stereocenters. The molecule has 0 aromatic carbocycles. The lowest BCUT2D eigenvalue weighted by Gasteiger charge is -2.18. The van der Waals surface area contributed by atoms with Gasteiger partial charge in [0, 0.05) is 12.8 Å². The Balaban J connectivity index is 3.97. The fourth-order valence-corrected chi connectivity index (χ4v) is 5.27. The monoisotopic (exact) mass is 577 g/mol. The lowest BCUT2D eigenvalue weighted by Crippen LogP contribution is -2.18. The van der Waals surface area contributed by atoms with Crippen molar-refractivity contribution in [3.8, 4) is 0 Å². The Labute approximate surface area is 255 Å². The average Bonchev–Trinajstić information content (AvgIpc) is 2.95. The normalized spacial score (nSPS) is 12.4.